The van der Waals surface area contributed by atoms with E-state index < -0.39 is 47.3 Å². The van der Waals surface area contributed by atoms with Crippen LogP contribution in [0.4, 0.5) is 34.1 Å². The zero-order valence-electron chi connectivity index (χ0n) is 37.5. The molecule has 0 aliphatic rings. The fourth-order valence-electron chi connectivity index (χ4n) is 6.36. The number of anilines is 4. The van der Waals surface area contributed by atoms with Crippen molar-refractivity contribution in [1.82, 2.24) is 0 Å². The number of aryl methyl sites for hydroxylation is 1. The molecule has 0 radical (unpaired) electrons. The minimum absolute atomic E-state index is 0.0338. The zero-order valence-corrected chi connectivity index (χ0v) is 41.3. The molecule has 0 spiro atoms. The third kappa shape index (κ3) is 14.8. The van der Waals surface area contributed by atoms with Crippen molar-refractivity contribution in [2.75, 3.05) is 40.4 Å². The molecule has 2 unspecified atom stereocenters. The Morgan fingerprint density at radius 2 is 1.01 bits per heavy atom. The number of Topliss-reactive ketones (excluding diaryl/α,β-unsaturated/α-hetero) is 2. The van der Waals surface area contributed by atoms with E-state index in [4.69, 9.17) is 67.5 Å². The van der Waals surface area contributed by atoms with Gasteiger partial charge >= 0.3 is 0 Å². The van der Waals surface area contributed by atoms with Crippen LogP contribution in [0, 0.1) is 0 Å². The van der Waals surface area contributed by atoms with Crippen LogP contribution in [0.1, 0.15) is 65.1 Å². The first kappa shape index (κ1) is 53.5. The number of amides is 4. The molecule has 5 aromatic carbocycles. The number of hydrogen-bond donors (Lipinski definition) is 4. The van der Waals surface area contributed by atoms with Crippen molar-refractivity contribution in [2.24, 2.45) is 20.5 Å². The smallest absolute Gasteiger partial charge is 0.258 e. The Hall–Kier alpha value is -6.43. The van der Waals surface area contributed by atoms with Crippen LogP contribution in [0.15, 0.2) is 111 Å². The Labute approximate surface area is 422 Å². The van der Waals surface area contributed by atoms with E-state index in [2.05, 4.69) is 41.7 Å². The van der Waals surface area contributed by atoms with Crippen molar-refractivity contribution in [3.8, 4) is 11.5 Å². The molecule has 16 nitrogen and oxygen atoms in total. The highest BCUT2D eigenvalue weighted by Crippen LogP contribution is 2.32. The van der Waals surface area contributed by atoms with E-state index in [0.29, 0.717) is 41.7 Å². The number of hydrogen-bond acceptors (Lipinski definition) is 12. The van der Waals surface area contributed by atoms with Gasteiger partial charge in [-0.15, -0.1) is 34.8 Å². The maximum absolute atomic E-state index is 13.5. The molecule has 5 rings (SSSR count). The molecule has 0 aliphatic carbocycles. The van der Waals surface area contributed by atoms with Crippen molar-refractivity contribution in [3.05, 3.63) is 129 Å². The highest BCUT2D eigenvalue weighted by molar-refractivity contribution is 6.35. The molecule has 4 amide bonds. The number of carbonyl (C=O) groups excluding carboxylic acids is 6. The minimum Gasteiger partial charge on any atom is -0.492 e. The summed E-state index contributed by atoms with van der Waals surface area (Å²) in [6, 6.07) is 20.0. The number of benzene rings is 5. The Bertz CT molecular complexity index is 2810. The average molecular weight is 1040 g/mol. The van der Waals surface area contributed by atoms with E-state index in [1.165, 1.54) is 68.4 Å². The maximum Gasteiger partial charge on any atom is 0.258 e. The lowest BCUT2D eigenvalue weighted by Crippen LogP contribution is -2.32. The first-order chi connectivity index (χ1) is 33.1. The monoisotopic (exact) mass is 1040 g/mol. The molecule has 0 aliphatic heterocycles. The Morgan fingerprint density at radius 1 is 0.551 bits per heavy atom. The number of azo groups is 2. The lowest BCUT2D eigenvalue weighted by molar-refractivity contribution is -0.127. The predicted octanol–water partition coefficient (Wildman–Crippen LogP) is 11.9. The number of carbonyl (C=O) groups is 6. The fourth-order valence-corrected chi connectivity index (χ4v) is 7.30. The predicted molar refractivity (Wildman–Crippen MR) is 269 cm³/mol. The van der Waals surface area contributed by atoms with E-state index in [-0.39, 0.29) is 68.0 Å². The first-order valence-electron chi connectivity index (χ1n) is 21.1. The van der Waals surface area contributed by atoms with Gasteiger partial charge in [0.2, 0.25) is 12.1 Å². The summed E-state index contributed by atoms with van der Waals surface area (Å²) in [7, 11) is 0. The summed E-state index contributed by atoms with van der Waals surface area (Å²) >= 11 is 30.9. The second-order valence-electron chi connectivity index (χ2n) is 14.8. The normalized spacial score (nSPS) is 12.0. The Kier molecular flexibility index (Phi) is 20.0. The van der Waals surface area contributed by atoms with Gasteiger partial charge in [0, 0.05) is 29.0 Å². The van der Waals surface area contributed by atoms with Gasteiger partial charge in [-0.05, 0) is 130 Å². The van der Waals surface area contributed by atoms with Crippen molar-refractivity contribution < 1.29 is 38.2 Å². The van der Waals surface area contributed by atoms with Gasteiger partial charge in [-0.25, -0.2) is 0 Å². The van der Waals surface area contributed by atoms with Gasteiger partial charge in [0.05, 0.1) is 57.1 Å². The largest absolute Gasteiger partial charge is 0.492 e. The Morgan fingerprint density at radius 3 is 1.43 bits per heavy atom. The average Bonchev–Trinajstić information content (AvgIpc) is 3.31. The number of ketones is 2. The summed E-state index contributed by atoms with van der Waals surface area (Å²) in [6.07, 6.45) is 0.207. The molecule has 0 bridgehead atoms. The molecule has 69 heavy (non-hydrogen) atoms. The number of rotatable bonds is 22. The summed E-state index contributed by atoms with van der Waals surface area (Å²) in [5, 5.41) is 27.3. The second-order valence-corrected chi connectivity index (χ2v) is 16.5. The van der Waals surface area contributed by atoms with Crippen LogP contribution in [0.3, 0.4) is 0 Å². The van der Waals surface area contributed by atoms with Crippen molar-refractivity contribution in [1.29, 1.82) is 0 Å². The van der Waals surface area contributed by atoms with Crippen LogP contribution < -0.4 is 30.7 Å². The first-order valence-corrected chi connectivity index (χ1v) is 23.4. The van der Waals surface area contributed by atoms with Gasteiger partial charge in [0.25, 0.3) is 23.6 Å². The number of halogens is 5. The van der Waals surface area contributed by atoms with Gasteiger partial charge < -0.3 is 30.7 Å². The maximum atomic E-state index is 13.5. The van der Waals surface area contributed by atoms with E-state index in [0.717, 1.165) is 11.1 Å². The summed E-state index contributed by atoms with van der Waals surface area (Å²) in [6.45, 7) is 6.65. The molecule has 0 aromatic heterocycles. The van der Waals surface area contributed by atoms with Gasteiger partial charge in [-0.2, -0.15) is 20.5 Å². The number of alkyl halides is 3. The lowest BCUT2D eigenvalue weighted by atomic mass is 10.1. The second kappa shape index (κ2) is 25.8. The van der Waals surface area contributed by atoms with Gasteiger partial charge in [-0.3, -0.25) is 28.8 Å². The molecular weight excluding hydrogens is 994 g/mol. The van der Waals surface area contributed by atoms with Crippen LogP contribution in [-0.4, -0.2) is 66.4 Å². The van der Waals surface area contributed by atoms with E-state index in [1.807, 2.05) is 0 Å². The number of nitrogens with zero attached hydrogens (tertiary/aromatic N) is 4. The zero-order chi connectivity index (χ0) is 50.2. The fraction of sp³-hybridized carbons (Fsp3) is 0.250. The third-order valence-corrected chi connectivity index (χ3v) is 11.2. The highest BCUT2D eigenvalue weighted by atomic mass is 35.5. The van der Waals surface area contributed by atoms with E-state index >= 15 is 0 Å². The third-order valence-electron chi connectivity index (χ3n) is 9.72. The molecular formula is C48H45Cl5N8O8. The molecule has 21 heteroatoms. The van der Waals surface area contributed by atoms with Gasteiger partial charge in [0.1, 0.15) is 11.5 Å². The van der Waals surface area contributed by atoms with Crippen LogP contribution >= 0.6 is 58.0 Å². The molecule has 2 atom stereocenters. The highest BCUT2D eigenvalue weighted by Gasteiger charge is 2.26. The van der Waals surface area contributed by atoms with Crippen molar-refractivity contribution >= 4 is 127 Å². The molecule has 0 saturated heterocycles. The summed E-state index contributed by atoms with van der Waals surface area (Å²) in [4.78, 5) is 79.2. The quantitative estimate of drug-likeness (QED) is 0.0296. The number of nitrogens with one attached hydrogen (secondary N) is 4. The lowest BCUT2D eigenvalue weighted by Gasteiger charge is -2.15. The van der Waals surface area contributed by atoms with Crippen LogP contribution in [-0.2, 0) is 37.4 Å². The number of ether oxygens (including phenoxy) is 2. The summed E-state index contributed by atoms with van der Waals surface area (Å²) in [5.41, 5.74) is 3.49. The van der Waals surface area contributed by atoms with E-state index in [1.54, 1.807) is 50.2 Å². The summed E-state index contributed by atoms with van der Waals surface area (Å²) in [5.74, 6) is -2.74. The molecule has 0 saturated carbocycles. The van der Waals surface area contributed by atoms with Crippen molar-refractivity contribution in [2.45, 2.75) is 58.0 Å². The van der Waals surface area contributed by atoms with Crippen LogP contribution in [0.25, 0.3) is 0 Å². The summed E-state index contributed by atoms with van der Waals surface area (Å²) < 4.78 is 11.3. The van der Waals surface area contributed by atoms with Crippen LogP contribution in [0.5, 0.6) is 11.5 Å². The van der Waals surface area contributed by atoms with Crippen LogP contribution in [0.2, 0.25) is 10.0 Å². The molecule has 5 aromatic rings. The van der Waals surface area contributed by atoms with Crippen molar-refractivity contribution in [3.63, 3.8) is 0 Å². The Balaban J connectivity index is 1.28. The van der Waals surface area contributed by atoms with Gasteiger partial charge in [-0.1, -0.05) is 35.3 Å². The topological polar surface area (TPSA) is 218 Å². The molecule has 0 fully saturated rings. The van der Waals surface area contributed by atoms with E-state index in [9.17, 15) is 28.8 Å². The minimum atomic E-state index is -1.61. The molecule has 4 N–H and O–H groups in total. The molecule has 0 heterocycles. The molecule has 360 valence electrons. The SMILES string of the molecule is CCOc1ccc(CCl)cc1NC(=O)c1cc(N=NC(C(C)=O)C(=O)Nc2ccc(NC(=O)C(N=Nc3ccc(Cl)c(C(=O)Nc4cc(CCl)ccc4OCC)c3)C(C)=O)c(CCCl)c2)ccc1Cl. The standard InChI is InChI=1S/C48H45Cl5N8O8/c1-5-68-41-15-7-28(24-50)19-39(41)56-45(64)34-22-32(9-12-36(34)52)58-60-43(26(3)62)47(66)54-31-11-14-38(30(21-31)17-18-49)55-48(67)44(27(4)63)61-59-33-10-13-37(53)35(23-33)46(65)57-40-20-29(25-51)8-16-42(40)69-6-2/h7-16,19-23,43-44H,5-6,17-18,24-25H2,1-4H3,(H,54,66)(H,55,67)(H,56,64)(H,57,65). The van der Waals surface area contributed by atoms with Gasteiger partial charge in [0.15, 0.2) is 11.6 Å².